The highest BCUT2D eigenvalue weighted by Crippen LogP contribution is 2.31. The van der Waals surface area contributed by atoms with Gasteiger partial charge in [0.25, 0.3) is 5.69 Å². The van der Waals surface area contributed by atoms with E-state index in [4.69, 9.17) is 0 Å². The van der Waals surface area contributed by atoms with Gasteiger partial charge < -0.3 is 5.32 Å². The molecule has 0 spiro atoms. The molecular weight excluding hydrogens is 320 g/mol. The quantitative estimate of drug-likeness (QED) is 0.468. The number of allylic oxidation sites excluding steroid dienone is 1. The Labute approximate surface area is 127 Å². The molecule has 0 heterocycles. The second-order valence-corrected chi connectivity index (χ2v) is 6.01. The van der Waals surface area contributed by atoms with Crippen LogP contribution in [0.25, 0.3) is 0 Å². The highest BCUT2D eigenvalue weighted by atomic mass is 79.9. The molecule has 1 aliphatic rings. The Balaban J connectivity index is 1.97. The highest BCUT2D eigenvalue weighted by Gasteiger charge is 2.14. The van der Waals surface area contributed by atoms with Crippen molar-refractivity contribution in [3.05, 3.63) is 43.9 Å². The lowest BCUT2D eigenvalue weighted by molar-refractivity contribution is -0.385. The lowest BCUT2D eigenvalue weighted by Gasteiger charge is -2.14. The van der Waals surface area contributed by atoms with E-state index in [1.54, 1.807) is 13.0 Å². The molecule has 0 bridgehead atoms. The van der Waals surface area contributed by atoms with E-state index in [1.165, 1.54) is 31.3 Å². The summed E-state index contributed by atoms with van der Waals surface area (Å²) in [4.78, 5) is 10.5. The van der Waals surface area contributed by atoms with Gasteiger partial charge in [0.2, 0.25) is 0 Å². The van der Waals surface area contributed by atoms with Crippen LogP contribution in [-0.4, -0.2) is 11.5 Å². The van der Waals surface area contributed by atoms with E-state index in [0.717, 1.165) is 23.1 Å². The number of nitro groups is 1. The standard InChI is InChI=1S/C15H19BrN2O2/c1-11-9-14(13(16)10-15(11)18(19)20)17-8-7-12-5-3-2-4-6-12/h5,9-10,17H,2-4,6-8H2,1H3. The molecule has 0 atom stereocenters. The van der Waals surface area contributed by atoms with Gasteiger partial charge in [-0.3, -0.25) is 10.1 Å². The molecule has 1 N–H and O–H groups in total. The van der Waals surface area contributed by atoms with E-state index < -0.39 is 0 Å². The number of nitrogens with zero attached hydrogens (tertiary/aromatic N) is 1. The van der Waals surface area contributed by atoms with Crippen LogP contribution in [0.5, 0.6) is 0 Å². The number of halogens is 1. The third kappa shape index (κ3) is 3.82. The van der Waals surface area contributed by atoms with Crippen molar-refractivity contribution in [3.8, 4) is 0 Å². The molecule has 0 saturated heterocycles. The average molecular weight is 339 g/mol. The maximum absolute atomic E-state index is 10.9. The first-order valence-corrected chi connectivity index (χ1v) is 7.73. The first-order valence-electron chi connectivity index (χ1n) is 6.94. The van der Waals surface area contributed by atoms with Crippen molar-refractivity contribution in [1.29, 1.82) is 0 Å². The number of rotatable bonds is 5. The number of hydrogen-bond acceptors (Lipinski definition) is 3. The van der Waals surface area contributed by atoms with Crippen molar-refractivity contribution in [2.24, 2.45) is 0 Å². The number of nitrogens with one attached hydrogen (secondary N) is 1. The lowest BCUT2D eigenvalue weighted by atomic mass is 9.97. The second-order valence-electron chi connectivity index (χ2n) is 5.16. The van der Waals surface area contributed by atoms with Crippen LogP contribution in [0.3, 0.4) is 0 Å². The zero-order valence-electron chi connectivity index (χ0n) is 11.6. The predicted octanol–water partition coefficient (Wildman–Crippen LogP) is 4.97. The molecule has 1 aliphatic carbocycles. The summed E-state index contributed by atoms with van der Waals surface area (Å²) in [6.07, 6.45) is 8.41. The van der Waals surface area contributed by atoms with Gasteiger partial charge in [-0.15, -0.1) is 0 Å². The largest absolute Gasteiger partial charge is 0.384 e. The molecular formula is C15H19BrN2O2. The van der Waals surface area contributed by atoms with Crippen LogP contribution in [0.2, 0.25) is 0 Å². The van der Waals surface area contributed by atoms with Gasteiger partial charge in [-0.2, -0.15) is 0 Å². The number of aryl methyl sites for hydroxylation is 1. The summed E-state index contributed by atoms with van der Waals surface area (Å²) in [5, 5.41) is 14.2. The molecule has 4 nitrogen and oxygen atoms in total. The minimum Gasteiger partial charge on any atom is -0.384 e. The molecule has 5 heteroatoms. The van der Waals surface area contributed by atoms with Gasteiger partial charge in [0.05, 0.1) is 4.92 Å². The van der Waals surface area contributed by atoms with Gasteiger partial charge in [0.15, 0.2) is 0 Å². The Kier molecular flexibility index (Phi) is 5.17. The van der Waals surface area contributed by atoms with E-state index >= 15 is 0 Å². The van der Waals surface area contributed by atoms with Crippen LogP contribution in [0.4, 0.5) is 11.4 Å². The smallest absolute Gasteiger partial charge is 0.273 e. The van der Waals surface area contributed by atoms with Gasteiger partial charge in [-0.05, 0) is 61.0 Å². The number of hydrogen-bond donors (Lipinski definition) is 1. The first kappa shape index (κ1) is 15.0. The molecule has 0 amide bonds. The molecule has 1 aromatic carbocycles. The molecule has 0 radical (unpaired) electrons. The number of benzene rings is 1. The fourth-order valence-corrected chi connectivity index (χ4v) is 2.96. The minimum atomic E-state index is -0.350. The van der Waals surface area contributed by atoms with Gasteiger partial charge >= 0.3 is 0 Å². The molecule has 108 valence electrons. The third-order valence-electron chi connectivity index (χ3n) is 3.63. The van der Waals surface area contributed by atoms with Crippen molar-refractivity contribution in [2.45, 2.75) is 39.0 Å². The summed E-state index contributed by atoms with van der Waals surface area (Å²) in [5.41, 5.74) is 3.28. The zero-order chi connectivity index (χ0) is 14.5. The van der Waals surface area contributed by atoms with Gasteiger partial charge in [0, 0.05) is 28.3 Å². The Morgan fingerprint density at radius 2 is 2.20 bits per heavy atom. The summed E-state index contributed by atoms with van der Waals surface area (Å²) in [5.74, 6) is 0. The Hall–Kier alpha value is -1.36. The van der Waals surface area contributed by atoms with Gasteiger partial charge in [0.1, 0.15) is 0 Å². The van der Waals surface area contributed by atoms with Crippen molar-refractivity contribution < 1.29 is 4.92 Å². The summed E-state index contributed by atoms with van der Waals surface area (Å²) in [6, 6.07) is 3.40. The van der Waals surface area contributed by atoms with Crippen molar-refractivity contribution in [3.63, 3.8) is 0 Å². The Morgan fingerprint density at radius 1 is 1.40 bits per heavy atom. The molecule has 1 aromatic rings. The maximum Gasteiger partial charge on any atom is 0.273 e. The zero-order valence-corrected chi connectivity index (χ0v) is 13.2. The normalized spacial score (nSPS) is 14.8. The fourth-order valence-electron chi connectivity index (χ4n) is 2.49. The molecule has 0 saturated carbocycles. The topological polar surface area (TPSA) is 55.2 Å². The molecule has 0 aliphatic heterocycles. The monoisotopic (exact) mass is 338 g/mol. The van der Waals surface area contributed by atoms with Gasteiger partial charge in [-0.25, -0.2) is 0 Å². The SMILES string of the molecule is Cc1cc(NCCC2=CCCCC2)c(Br)cc1[N+](=O)[O-]. The molecule has 20 heavy (non-hydrogen) atoms. The molecule has 0 aromatic heterocycles. The van der Waals surface area contributed by atoms with Crippen LogP contribution in [0, 0.1) is 17.0 Å². The number of anilines is 1. The van der Waals surface area contributed by atoms with E-state index in [1.807, 2.05) is 6.07 Å². The van der Waals surface area contributed by atoms with E-state index in [-0.39, 0.29) is 10.6 Å². The molecule has 2 rings (SSSR count). The van der Waals surface area contributed by atoms with Gasteiger partial charge in [-0.1, -0.05) is 11.6 Å². The Bertz CT molecular complexity index is 541. The second kappa shape index (κ2) is 6.88. The van der Waals surface area contributed by atoms with Crippen molar-refractivity contribution >= 4 is 27.3 Å². The molecule has 0 unspecified atom stereocenters. The minimum absolute atomic E-state index is 0.150. The van der Waals surface area contributed by atoms with Crippen LogP contribution in [0.15, 0.2) is 28.3 Å². The summed E-state index contributed by atoms with van der Waals surface area (Å²) >= 11 is 3.39. The van der Waals surface area contributed by atoms with E-state index in [2.05, 4.69) is 27.3 Å². The van der Waals surface area contributed by atoms with E-state index in [0.29, 0.717) is 5.56 Å². The fraction of sp³-hybridized carbons (Fsp3) is 0.467. The van der Waals surface area contributed by atoms with E-state index in [9.17, 15) is 10.1 Å². The van der Waals surface area contributed by atoms with Crippen molar-refractivity contribution in [1.82, 2.24) is 0 Å². The number of nitro benzene ring substituents is 1. The third-order valence-corrected chi connectivity index (χ3v) is 4.28. The maximum atomic E-state index is 10.9. The van der Waals surface area contributed by atoms with Crippen LogP contribution in [0.1, 0.15) is 37.7 Å². The summed E-state index contributed by atoms with van der Waals surface area (Å²) in [6.45, 7) is 2.63. The van der Waals surface area contributed by atoms with Crippen LogP contribution >= 0.6 is 15.9 Å². The average Bonchev–Trinajstić information content (AvgIpc) is 2.43. The predicted molar refractivity (Wildman–Crippen MR) is 85.2 cm³/mol. The first-order chi connectivity index (χ1) is 9.58. The lowest BCUT2D eigenvalue weighted by Crippen LogP contribution is -2.05. The molecule has 0 fully saturated rings. The Morgan fingerprint density at radius 3 is 2.85 bits per heavy atom. The van der Waals surface area contributed by atoms with Crippen LogP contribution in [-0.2, 0) is 0 Å². The van der Waals surface area contributed by atoms with Crippen molar-refractivity contribution in [2.75, 3.05) is 11.9 Å². The summed E-state index contributed by atoms with van der Waals surface area (Å²) < 4.78 is 0.743. The van der Waals surface area contributed by atoms with Crippen LogP contribution < -0.4 is 5.32 Å². The highest BCUT2D eigenvalue weighted by molar-refractivity contribution is 9.10. The summed E-state index contributed by atoms with van der Waals surface area (Å²) in [7, 11) is 0.